The third-order valence-corrected chi connectivity index (χ3v) is 9.68. The maximum absolute atomic E-state index is 16.5. The number of benzene rings is 1. The van der Waals surface area contributed by atoms with E-state index >= 15 is 4.39 Å². The molecule has 252 valence electrons. The summed E-state index contributed by atoms with van der Waals surface area (Å²) in [5.41, 5.74) is -1.37. The molecule has 4 fully saturated rings. The van der Waals surface area contributed by atoms with Crippen molar-refractivity contribution in [3.63, 3.8) is 0 Å². The lowest BCUT2D eigenvalue weighted by atomic mass is 9.95. The number of hydrogen-bond donors (Lipinski definition) is 0. The molecular formula is C33H38F4N6O4. The Kier molecular flexibility index (Phi) is 7.84. The molecule has 0 aliphatic carbocycles. The molecule has 1 amide bonds. The molecule has 1 aromatic carbocycles. The van der Waals surface area contributed by atoms with Gasteiger partial charge in [0.25, 0.3) is 0 Å². The normalized spacial score (nSPS) is 22.5. The second kappa shape index (κ2) is 11.6. The van der Waals surface area contributed by atoms with E-state index in [1.54, 1.807) is 4.90 Å². The van der Waals surface area contributed by atoms with Gasteiger partial charge in [0.1, 0.15) is 35.0 Å². The van der Waals surface area contributed by atoms with Crippen LogP contribution < -0.4 is 14.4 Å². The Bertz CT molecular complexity index is 1660. The van der Waals surface area contributed by atoms with Gasteiger partial charge in [-0.15, -0.1) is 13.2 Å². The molecule has 4 aliphatic rings. The summed E-state index contributed by atoms with van der Waals surface area (Å²) in [4.78, 5) is 32.9. The van der Waals surface area contributed by atoms with Crippen LogP contribution in [0.5, 0.6) is 11.8 Å². The van der Waals surface area contributed by atoms with Gasteiger partial charge in [0, 0.05) is 24.8 Å². The number of piperazine rings is 1. The van der Waals surface area contributed by atoms with Crippen LogP contribution in [0.4, 0.5) is 28.2 Å². The van der Waals surface area contributed by atoms with Gasteiger partial charge in [0.2, 0.25) is 0 Å². The SMILES string of the molecule is CC(C)(C)OC(=O)N1[C@@H]2CC[C@H]1CN(c1nc(OCC34CCCN3CCC4)nc3c(F)c(-c4ccccc4OC(F)(F)F)ncc13)C2. The average molecular weight is 659 g/mol. The van der Waals surface area contributed by atoms with Crippen molar-refractivity contribution in [2.45, 2.75) is 88.9 Å². The van der Waals surface area contributed by atoms with Crippen LogP contribution in [0, 0.1) is 5.82 Å². The summed E-state index contributed by atoms with van der Waals surface area (Å²) in [5.74, 6) is -1.09. The molecule has 4 saturated heterocycles. The third kappa shape index (κ3) is 6.12. The zero-order valence-electron chi connectivity index (χ0n) is 26.6. The fourth-order valence-corrected chi connectivity index (χ4v) is 7.74. The predicted molar refractivity (Wildman–Crippen MR) is 165 cm³/mol. The van der Waals surface area contributed by atoms with Crippen molar-refractivity contribution >= 4 is 22.8 Å². The molecule has 14 heteroatoms. The second-order valence-corrected chi connectivity index (χ2v) is 13.9. The topological polar surface area (TPSA) is 93.2 Å². The summed E-state index contributed by atoms with van der Waals surface area (Å²) >= 11 is 0. The minimum atomic E-state index is -4.98. The lowest BCUT2D eigenvalue weighted by molar-refractivity contribution is -0.274. The van der Waals surface area contributed by atoms with Gasteiger partial charge in [-0.05, 0) is 84.5 Å². The molecule has 0 spiro atoms. The minimum absolute atomic E-state index is 0.0154. The van der Waals surface area contributed by atoms with Gasteiger partial charge in [0.05, 0.1) is 23.0 Å². The highest BCUT2D eigenvalue weighted by Crippen LogP contribution is 2.41. The number of alkyl halides is 3. The number of halogens is 4. The smallest absolute Gasteiger partial charge is 0.461 e. The number of ether oxygens (including phenoxy) is 3. The average Bonchev–Trinajstić information content (AvgIpc) is 3.65. The van der Waals surface area contributed by atoms with E-state index in [4.69, 9.17) is 14.5 Å². The first-order valence-electron chi connectivity index (χ1n) is 16.2. The van der Waals surface area contributed by atoms with E-state index in [1.165, 1.54) is 24.4 Å². The predicted octanol–water partition coefficient (Wildman–Crippen LogP) is 6.32. The molecule has 0 N–H and O–H groups in total. The number of nitrogens with zero attached hydrogens (tertiary/aromatic N) is 6. The van der Waals surface area contributed by atoms with Gasteiger partial charge in [0.15, 0.2) is 5.82 Å². The lowest BCUT2D eigenvalue weighted by Gasteiger charge is -2.42. The maximum atomic E-state index is 16.5. The first kappa shape index (κ1) is 31.6. The van der Waals surface area contributed by atoms with Crippen molar-refractivity contribution in [1.29, 1.82) is 0 Å². The highest BCUT2D eigenvalue weighted by Gasteiger charge is 2.46. The number of aromatic nitrogens is 3. The van der Waals surface area contributed by atoms with Crippen molar-refractivity contribution in [2.24, 2.45) is 0 Å². The van der Waals surface area contributed by atoms with Crippen LogP contribution in [0.1, 0.15) is 59.3 Å². The lowest BCUT2D eigenvalue weighted by Crippen LogP contribution is -2.57. The summed E-state index contributed by atoms with van der Waals surface area (Å²) in [6.45, 7) is 8.68. The third-order valence-electron chi connectivity index (χ3n) is 9.68. The van der Waals surface area contributed by atoms with Crippen molar-refractivity contribution in [2.75, 3.05) is 37.7 Å². The molecule has 0 saturated carbocycles. The summed E-state index contributed by atoms with van der Waals surface area (Å²) < 4.78 is 72.3. The first-order valence-corrected chi connectivity index (χ1v) is 16.2. The molecule has 7 rings (SSSR count). The van der Waals surface area contributed by atoms with Gasteiger partial charge in [-0.25, -0.2) is 9.18 Å². The van der Waals surface area contributed by atoms with Crippen LogP contribution in [-0.4, -0.2) is 93.2 Å². The van der Waals surface area contributed by atoms with E-state index in [-0.39, 0.29) is 46.5 Å². The van der Waals surface area contributed by atoms with Crippen molar-refractivity contribution < 1.29 is 36.6 Å². The minimum Gasteiger partial charge on any atom is -0.461 e. The molecule has 3 aromatic rings. The van der Waals surface area contributed by atoms with Crippen LogP contribution in [0.3, 0.4) is 0 Å². The van der Waals surface area contributed by atoms with Crippen molar-refractivity contribution in [3.8, 4) is 23.0 Å². The molecule has 2 aromatic heterocycles. The molecule has 10 nitrogen and oxygen atoms in total. The van der Waals surface area contributed by atoms with Crippen LogP contribution in [-0.2, 0) is 4.74 Å². The molecule has 0 radical (unpaired) electrons. The van der Waals surface area contributed by atoms with E-state index in [9.17, 15) is 18.0 Å². The zero-order valence-corrected chi connectivity index (χ0v) is 26.6. The largest absolute Gasteiger partial charge is 0.573 e. The van der Waals surface area contributed by atoms with Gasteiger partial charge in [-0.1, -0.05) is 12.1 Å². The van der Waals surface area contributed by atoms with E-state index in [0.29, 0.717) is 30.9 Å². The highest BCUT2D eigenvalue weighted by atomic mass is 19.4. The Balaban J connectivity index is 1.27. The van der Waals surface area contributed by atoms with E-state index < -0.39 is 23.5 Å². The number of anilines is 1. The van der Waals surface area contributed by atoms with Gasteiger partial charge in [-0.2, -0.15) is 9.97 Å². The molecule has 2 bridgehead atoms. The summed E-state index contributed by atoms with van der Waals surface area (Å²) in [5, 5.41) is 0.291. The fourth-order valence-electron chi connectivity index (χ4n) is 7.74. The van der Waals surface area contributed by atoms with Gasteiger partial charge < -0.3 is 19.1 Å². The number of amides is 1. The second-order valence-electron chi connectivity index (χ2n) is 13.9. The van der Waals surface area contributed by atoms with E-state index in [0.717, 1.165) is 57.7 Å². The summed E-state index contributed by atoms with van der Waals surface area (Å²) in [6.07, 6.45) is 1.71. The Morgan fingerprint density at radius 2 is 1.70 bits per heavy atom. The summed E-state index contributed by atoms with van der Waals surface area (Å²) in [6, 6.07) is 4.98. The fraction of sp³-hybridized carbons (Fsp3) is 0.576. The van der Waals surface area contributed by atoms with Crippen molar-refractivity contribution in [3.05, 3.63) is 36.3 Å². The highest BCUT2D eigenvalue weighted by molar-refractivity contribution is 5.92. The van der Waals surface area contributed by atoms with Crippen molar-refractivity contribution in [1.82, 2.24) is 24.8 Å². The Hall–Kier alpha value is -3.94. The number of carbonyl (C=O) groups is 1. The number of rotatable bonds is 6. The maximum Gasteiger partial charge on any atom is 0.573 e. The van der Waals surface area contributed by atoms with Crippen LogP contribution in [0.2, 0.25) is 0 Å². The monoisotopic (exact) mass is 658 g/mol. The molecular weight excluding hydrogens is 620 g/mol. The quantitative estimate of drug-likeness (QED) is 0.282. The number of fused-ring (bicyclic) bond motifs is 4. The Morgan fingerprint density at radius 3 is 2.36 bits per heavy atom. The Morgan fingerprint density at radius 1 is 1.02 bits per heavy atom. The van der Waals surface area contributed by atoms with Gasteiger partial charge in [-0.3, -0.25) is 14.8 Å². The summed E-state index contributed by atoms with van der Waals surface area (Å²) in [7, 11) is 0. The van der Waals surface area contributed by atoms with Crippen LogP contribution in [0.15, 0.2) is 30.5 Å². The number of hydrogen-bond acceptors (Lipinski definition) is 9. The number of para-hydroxylation sites is 1. The molecule has 0 unspecified atom stereocenters. The standard InChI is InChI=1S/C33H38F4N6O4/c1-31(2,3)47-30(44)43-20-10-11-21(43)18-41(17-20)28-23-16-38-26(22-8-4-5-9-24(22)46-33(35,36)37)25(34)27(23)39-29(40-28)45-19-32-12-6-14-42(32)15-7-13-32/h4-5,8-9,16,20-21H,6-7,10-15,17-19H2,1-3H3/t20-,21+. The first-order chi connectivity index (χ1) is 22.3. The molecule has 2 atom stereocenters. The molecule has 6 heterocycles. The van der Waals surface area contributed by atoms with E-state index in [1.807, 2.05) is 25.7 Å². The van der Waals surface area contributed by atoms with Gasteiger partial charge >= 0.3 is 18.5 Å². The molecule has 4 aliphatic heterocycles. The molecule has 47 heavy (non-hydrogen) atoms. The van der Waals surface area contributed by atoms with E-state index in [2.05, 4.69) is 19.6 Å². The number of carbonyl (C=O) groups excluding carboxylic acids is 1. The van der Waals surface area contributed by atoms with Crippen LogP contribution >= 0.6 is 0 Å². The number of pyridine rings is 1. The van der Waals surface area contributed by atoms with Crippen LogP contribution in [0.25, 0.3) is 22.2 Å². The zero-order chi connectivity index (χ0) is 33.1. The Labute approximate surface area is 270 Å².